The molecule has 0 spiro atoms. The van der Waals surface area contributed by atoms with E-state index in [9.17, 15) is 5.11 Å². The Morgan fingerprint density at radius 2 is 2.44 bits per heavy atom. The summed E-state index contributed by atoms with van der Waals surface area (Å²) >= 11 is 5.77. The van der Waals surface area contributed by atoms with E-state index in [-0.39, 0.29) is 18.1 Å². The zero-order chi connectivity index (χ0) is 11.6. The largest absolute Gasteiger partial charge is 0.396 e. The molecule has 0 amide bonds. The SMILES string of the molecule is CC1(CO)CCCC1Nc1cncc(Cl)n1. The van der Waals surface area contributed by atoms with E-state index in [0.717, 1.165) is 19.3 Å². The van der Waals surface area contributed by atoms with E-state index in [4.69, 9.17) is 11.6 Å². The fourth-order valence-electron chi connectivity index (χ4n) is 2.26. The quantitative estimate of drug-likeness (QED) is 0.851. The molecule has 16 heavy (non-hydrogen) atoms. The Hall–Kier alpha value is -0.870. The van der Waals surface area contributed by atoms with Crippen LogP contribution in [0.25, 0.3) is 0 Å². The molecule has 0 saturated heterocycles. The Kier molecular flexibility index (Phi) is 3.30. The molecule has 1 aromatic heterocycles. The first-order chi connectivity index (χ1) is 7.64. The average molecular weight is 242 g/mol. The number of nitrogens with one attached hydrogen (secondary N) is 1. The Bertz CT molecular complexity index is 374. The summed E-state index contributed by atoms with van der Waals surface area (Å²) < 4.78 is 0. The van der Waals surface area contributed by atoms with Crippen molar-refractivity contribution < 1.29 is 5.11 Å². The molecular weight excluding hydrogens is 226 g/mol. The number of nitrogens with zero attached hydrogens (tertiary/aromatic N) is 2. The maximum atomic E-state index is 9.43. The smallest absolute Gasteiger partial charge is 0.149 e. The minimum absolute atomic E-state index is 0.0655. The Balaban J connectivity index is 2.10. The molecule has 0 radical (unpaired) electrons. The van der Waals surface area contributed by atoms with E-state index in [1.54, 1.807) is 6.20 Å². The number of hydrogen-bond donors (Lipinski definition) is 2. The van der Waals surface area contributed by atoms with Crippen LogP contribution >= 0.6 is 11.6 Å². The van der Waals surface area contributed by atoms with Crippen molar-refractivity contribution in [2.24, 2.45) is 5.41 Å². The molecule has 1 fully saturated rings. The average Bonchev–Trinajstić information content (AvgIpc) is 2.61. The predicted molar refractivity (Wildman–Crippen MR) is 63.5 cm³/mol. The summed E-state index contributed by atoms with van der Waals surface area (Å²) in [5, 5.41) is 13.1. The van der Waals surface area contributed by atoms with Gasteiger partial charge < -0.3 is 10.4 Å². The maximum Gasteiger partial charge on any atom is 0.149 e. The Labute approximate surface area is 100 Å². The van der Waals surface area contributed by atoms with Crippen molar-refractivity contribution in [1.82, 2.24) is 9.97 Å². The molecule has 5 heteroatoms. The summed E-state index contributed by atoms with van der Waals surface area (Å²) in [7, 11) is 0. The van der Waals surface area contributed by atoms with Crippen LogP contribution in [-0.4, -0.2) is 27.7 Å². The third-order valence-corrected chi connectivity index (χ3v) is 3.55. The highest BCUT2D eigenvalue weighted by Gasteiger charge is 2.38. The van der Waals surface area contributed by atoms with Gasteiger partial charge in [-0.1, -0.05) is 24.9 Å². The van der Waals surface area contributed by atoms with Gasteiger partial charge in [0.2, 0.25) is 0 Å². The molecule has 2 rings (SSSR count). The minimum Gasteiger partial charge on any atom is -0.396 e. The topological polar surface area (TPSA) is 58.0 Å². The summed E-state index contributed by atoms with van der Waals surface area (Å²) in [6, 6.07) is 0.241. The van der Waals surface area contributed by atoms with Gasteiger partial charge in [0.25, 0.3) is 0 Å². The van der Waals surface area contributed by atoms with Crippen molar-refractivity contribution in [3.05, 3.63) is 17.5 Å². The van der Waals surface area contributed by atoms with E-state index in [1.165, 1.54) is 6.20 Å². The molecule has 0 aliphatic heterocycles. The summed E-state index contributed by atoms with van der Waals surface area (Å²) in [5.41, 5.74) is -0.0655. The van der Waals surface area contributed by atoms with E-state index in [1.807, 2.05) is 0 Å². The first kappa shape index (κ1) is 11.6. The number of rotatable bonds is 3. The molecule has 0 bridgehead atoms. The molecule has 1 heterocycles. The fourth-order valence-corrected chi connectivity index (χ4v) is 2.41. The number of aromatic nitrogens is 2. The Morgan fingerprint density at radius 1 is 1.62 bits per heavy atom. The van der Waals surface area contributed by atoms with Gasteiger partial charge in [0.1, 0.15) is 11.0 Å². The number of hydrogen-bond acceptors (Lipinski definition) is 4. The normalized spacial score (nSPS) is 29.3. The van der Waals surface area contributed by atoms with Crippen molar-refractivity contribution in [2.75, 3.05) is 11.9 Å². The van der Waals surface area contributed by atoms with Gasteiger partial charge in [-0.3, -0.25) is 4.98 Å². The highest BCUT2D eigenvalue weighted by Crippen LogP contribution is 2.38. The zero-order valence-corrected chi connectivity index (χ0v) is 10.0. The van der Waals surface area contributed by atoms with E-state index >= 15 is 0 Å². The molecule has 1 aliphatic rings. The molecule has 1 aromatic rings. The van der Waals surface area contributed by atoms with Crippen LogP contribution in [0.3, 0.4) is 0 Å². The number of aliphatic hydroxyl groups excluding tert-OH is 1. The van der Waals surface area contributed by atoms with Gasteiger partial charge in [0, 0.05) is 11.5 Å². The second-order valence-electron chi connectivity index (χ2n) is 4.63. The molecule has 1 aliphatic carbocycles. The van der Waals surface area contributed by atoms with Gasteiger partial charge in [0.05, 0.1) is 19.0 Å². The molecule has 2 N–H and O–H groups in total. The van der Waals surface area contributed by atoms with Crippen LogP contribution in [0.2, 0.25) is 5.15 Å². The van der Waals surface area contributed by atoms with Crippen molar-refractivity contribution >= 4 is 17.4 Å². The van der Waals surface area contributed by atoms with E-state index in [2.05, 4.69) is 22.2 Å². The van der Waals surface area contributed by atoms with E-state index < -0.39 is 0 Å². The standard InChI is InChI=1S/C11H16ClN3O/c1-11(7-16)4-2-3-8(11)14-10-6-13-5-9(12)15-10/h5-6,8,16H,2-4,7H2,1H3,(H,14,15). The molecular formula is C11H16ClN3O. The van der Waals surface area contributed by atoms with Crippen LogP contribution in [0.15, 0.2) is 12.4 Å². The highest BCUT2D eigenvalue weighted by molar-refractivity contribution is 6.29. The van der Waals surface area contributed by atoms with Gasteiger partial charge >= 0.3 is 0 Å². The van der Waals surface area contributed by atoms with Crippen LogP contribution < -0.4 is 5.32 Å². The summed E-state index contributed by atoms with van der Waals surface area (Å²) in [5.74, 6) is 0.680. The lowest BCUT2D eigenvalue weighted by Gasteiger charge is -2.30. The fraction of sp³-hybridized carbons (Fsp3) is 0.636. The van der Waals surface area contributed by atoms with Crippen LogP contribution in [0.1, 0.15) is 26.2 Å². The van der Waals surface area contributed by atoms with Crippen LogP contribution in [0, 0.1) is 5.41 Å². The molecule has 2 atom stereocenters. The molecule has 88 valence electrons. The van der Waals surface area contributed by atoms with E-state index in [0.29, 0.717) is 11.0 Å². The number of halogens is 1. The lowest BCUT2D eigenvalue weighted by Crippen LogP contribution is -2.36. The van der Waals surface area contributed by atoms with Gasteiger partial charge in [-0.05, 0) is 12.8 Å². The third-order valence-electron chi connectivity index (χ3n) is 3.37. The monoisotopic (exact) mass is 241 g/mol. The van der Waals surface area contributed by atoms with Gasteiger partial charge in [-0.2, -0.15) is 0 Å². The minimum atomic E-state index is -0.0655. The second kappa shape index (κ2) is 4.55. The first-order valence-electron chi connectivity index (χ1n) is 5.49. The summed E-state index contributed by atoms with van der Waals surface area (Å²) in [6.07, 6.45) is 6.37. The van der Waals surface area contributed by atoms with Gasteiger partial charge in [0.15, 0.2) is 0 Å². The van der Waals surface area contributed by atoms with Gasteiger partial charge in [-0.15, -0.1) is 0 Å². The van der Waals surface area contributed by atoms with Crippen LogP contribution in [-0.2, 0) is 0 Å². The second-order valence-corrected chi connectivity index (χ2v) is 5.02. The predicted octanol–water partition coefficient (Wildman–Crippen LogP) is 2.09. The van der Waals surface area contributed by atoms with Gasteiger partial charge in [-0.25, -0.2) is 4.98 Å². The van der Waals surface area contributed by atoms with Crippen LogP contribution in [0.4, 0.5) is 5.82 Å². The lowest BCUT2D eigenvalue weighted by atomic mass is 9.86. The molecule has 1 saturated carbocycles. The summed E-state index contributed by atoms with van der Waals surface area (Å²) in [4.78, 5) is 8.13. The number of anilines is 1. The van der Waals surface area contributed by atoms with Crippen LogP contribution in [0.5, 0.6) is 0 Å². The maximum absolute atomic E-state index is 9.43. The Morgan fingerprint density at radius 3 is 3.12 bits per heavy atom. The van der Waals surface area contributed by atoms with Crippen molar-refractivity contribution in [2.45, 2.75) is 32.2 Å². The zero-order valence-electron chi connectivity index (χ0n) is 9.28. The molecule has 2 unspecified atom stereocenters. The lowest BCUT2D eigenvalue weighted by molar-refractivity contribution is 0.139. The third kappa shape index (κ3) is 2.28. The van der Waals surface area contributed by atoms with Crippen molar-refractivity contribution in [3.63, 3.8) is 0 Å². The number of aliphatic hydroxyl groups is 1. The highest BCUT2D eigenvalue weighted by atomic mass is 35.5. The van der Waals surface area contributed by atoms with Crippen molar-refractivity contribution in [1.29, 1.82) is 0 Å². The first-order valence-corrected chi connectivity index (χ1v) is 5.87. The molecule has 4 nitrogen and oxygen atoms in total. The van der Waals surface area contributed by atoms with Crippen molar-refractivity contribution in [3.8, 4) is 0 Å². The molecule has 0 aromatic carbocycles. The summed E-state index contributed by atoms with van der Waals surface area (Å²) in [6.45, 7) is 2.29.